The molecule has 1 N–H and O–H groups in total. The highest BCUT2D eigenvalue weighted by Crippen LogP contribution is 2.16. The summed E-state index contributed by atoms with van der Waals surface area (Å²) in [7, 11) is 0. The summed E-state index contributed by atoms with van der Waals surface area (Å²) in [5.74, 6) is 2.82. The van der Waals surface area contributed by atoms with Gasteiger partial charge >= 0.3 is 0 Å². The molecule has 0 radical (unpaired) electrons. The van der Waals surface area contributed by atoms with E-state index in [4.69, 9.17) is 6.42 Å². The molecule has 0 aromatic rings. The Morgan fingerprint density at radius 3 is 2.93 bits per heavy atom. The van der Waals surface area contributed by atoms with Crippen LogP contribution in [0.1, 0.15) is 33.6 Å². The largest absolute Gasteiger partial charge is 0.310 e. The number of nitrogens with zero attached hydrogens (tertiary/aromatic N) is 1. The van der Waals surface area contributed by atoms with E-state index < -0.39 is 0 Å². The molecule has 0 aromatic heterocycles. The Morgan fingerprint density at radius 1 is 1.64 bits per heavy atom. The summed E-state index contributed by atoms with van der Waals surface area (Å²) in [5, 5.41) is 3.61. The third-order valence-electron chi connectivity index (χ3n) is 3.30. The molecule has 0 saturated carbocycles. The molecule has 0 bridgehead atoms. The van der Waals surface area contributed by atoms with Crippen LogP contribution in [0.2, 0.25) is 0 Å². The number of terminal acetylenes is 1. The molecule has 14 heavy (non-hydrogen) atoms. The van der Waals surface area contributed by atoms with E-state index in [0.29, 0.717) is 0 Å². The predicted octanol–water partition coefficient (Wildman–Crippen LogP) is 1.47. The SMILES string of the molecule is C#CC(C)N1CCCNC(C)(CC)C1. The van der Waals surface area contributed by atoms with E-state index in [1.54, 1.807) is 0 Å². The van der Waals surface area contributed by atoms with Crippen molar-refractivity contribution in [1.82, 2.24) is 10.2 Å². The average molecular weight is 194 g/mol. The van der Waals surface area contributed by atoms with Crippen LogP contribution in [0.25, 0.3) is 0 Å². The molecule has 0 spiro atoms. The standard InChI is InChI=1S/C12H22N2/c1-5-11(3)14-9-7-8-13-12(4,6-2)10-14/h1,11,13H,6-10H2,2-4H3. The van der Waals surface area contributed by atoms with Crippen LogP contribution in [-0.2, 0) is 0 Å². The summed E-state index contributed by atoms with van der Waals surface area (Å²) in [6.07, 6.45) is 7.82. The maximum Gasteiger partial charge on any atom is 0.0683 e. The smallest absolute Gasteiger partial charge is 0.0683 e. The summed E-state index contributed by atoms with van der Waals surface area (Å²) >= 11 is 0. The van der Waals surface area contributed by atoms with Crippen LogP contribution < -0.4 is 5.32 Å². The molecular formula is C12H22N2. The first-order chi connectivity index (χ1) is 6.61. The highest BCUT2D eigenvalue weighted by molar-refractivity contribution is 5.00. The molecule has 1 fully saturated rings. The summed E-state index contributed by atoms with van der Waals surface area (Å²) in [6, 6.07) is 0.265. The highest BCUT2D eigenvalue weighted by Gasteiger charge is 2.28. The molecule has 1 heterocycles. The number of hydrogen-bond donors (Lipinski definition) is 1. The second kappa shape index (κ2) is 4.82. The first-order valence-electron chi connectivity index (χ1n) is 5.56. The van der Waals surface area contributed by atoms with Crippen molar-refractivity contribution in [3.63, 3.8) is 0 Å². The van der Waals surface area contributed by atoms with Crippen molar-refractivity contribution < 1.29 is 0 Å². The molecule has 2 nitrogen and oxygen atoms in total. The lowest BCUT2D eigenvalue weighted by Gasteiger charge is -2.34. The van der Waals surface area contributed by atoms with Crippen molar-refractivity contribution in [2.75, 3.05) is 19.6 Å². The van der Waals surface area contributed by atoms with Crippen LogP contribution in [-0.4, -0.2) is 36.1 Å². The van der Waals surface area contributed by atoms with Gasteiger partial charge in [0, 0.05) is 18.6 Å². The van der Waals surface area contributed by atoms with E-state index >= 15 is 0 Å². The third kappa shape index (κ3) is 2.73. The zero-order chi connectivity index (χ0) is 10.6. The van der Waals surface area contributed by atoms with Crippen LogP contribution in [0, 0.1) is 12.3 Å². The number of hydrogen-bond acceptors (Lipinski definition) is 2. The Balaban J connectivity index is 2.65. The van der Waals surface area contributed by atoms with Crippen molar-refractivity contribution in [2.45, 2.75) is 45.2 Å². The van der Waals surface area contributed by atoms with Gasteiger partial charge in [-0.15, -0.1) is 6.42 Å². The molecule has 1 saturated heterocycles. The zero-order valence-electron chi connectivity index (χ0n) is 9.64. The normalized spacial score (nSPS) is 31.9. The van der Waals surface area contributed by atoms with E-state index in [9.17, 15) is 0 Å². The minimum absolute atomic E-state index is 0.238. The topological polar surface area (TPSA) is 15.3 Å². The van der Waals surface area contributed by atoms with Gasteiger partial charge in [0.15, 0.2) is 0 Å². The van der Waals surface area contributed by atoms with Crippen LogP contribution >= 0.6 is 0 Å². The zero-order valence-corrected chi connectivity index (χ0v) is 9.64. The molecule has 1 rings (SSSR count). The Bertz CT molecular complexity index is 219. The molecule has 0 aromatic carbocycles. The van der Waals surface area contributed by atoms with Crippen molar-refractivity contribution in [2.24, 2.45) is 0 Å². The quantitative estimate of drug-likeness (QED) is 0.670. The van der Waals surface area contributed by atoms with Crippen LogP contribution in [0.5, 0.6) is 0 Å². The van der Waals surface area contributed by atoms with Crippen molar-refractivity contribution in [3.05, 3.63) is 0 Å². The second-order valence-electron chi connectivity index (χ2n) is 4.51. The lowest BCUT2D eigenvalue weighted by atomic mass is 9.98. The maximum absolute atomic E-state index is 5.47. The lowest BCUT2D eigenvalue weighted by Crippen LogP contribution is -2.50. The molecule has 2 atom stereocenters. The molecule has 1 aliphatic heterocycles. The minimum atomic E-state index is 0.238. The third-order valence-corrected chi connectivity index (χ3v) is 3.30. The van der Waals surface area contributed by atoms with Gasteiger partial charge in [-0.1, -0.05) is 12.8 Å². The Hall–Kier alpha value is -0.520. The van der Waals surface area contributed by atoms with Crippen LogP contribution in [0.15, 0.2) is 0 Å². The fourth-order valence-corrected chi connectivity index (χ4v) is 1.93. The Labute approximate surface area is 88.1 Å². The fraction of sp³-hybridized carbons (Fsp3) is 0.833. The van der Waals surface area contributed by atoms with Gasteiger partial charge in [0.05, 0.1) is 6.04 Å². The van der Waals surface area contributed by atoms with Gasteiger partial charge < -0.3 is 5.32 Å². The summed E-state index contributed by atoms with van der Waals surface area (Å²) < 4.78 is 0. The van der Waals surface area contributed by atoms with E-state index in [-0.39, 0.29) is 11.6 Å². The van der Waals surface area contributed by atoms with Gasteiger partial charge in [-0.05, 0) is 33.2 Å². The minimum Gasteiger partial charge on any atom is -0.310 e. The Kier molecular flexibility index (Phi) is 3.97. The fourth-order valence-electron chi connectivity index (χ4n) is 1.93. The van der Waals surface area contributed by atoms with Crippen molar-refractivity contribution >= 4 is 0 Å². The van der Waals surface area contributed by atoms with Crippen molar-refractivity contribution in [1.29, 1.82) is 0 Å². The van der Waals surface area contributed by atoms with Gasteiger partial charge in [-0.25, -0.2) is 0 Å². The highest BCUT2D eigenvalue weighted by atomic mass is 15.2. The van der Waals surface area contributed by atoms with Gasteiger partial charge in [0.25, 0.3) is 0 Å². The molecule has 0 amide bonds. The van der Waals surface area contributed by atoms with Gasteiger partial charge in [-0.2, -0.15) is 0 Å². The second-order valence-corrected chi connectivity index (χ2v) is 4.51. The maximum atomic E-state index is 5.47. The van der Waals surface area contributed by atoms with Crippen LogP contribution in [0.4, 0.5) is 0 Å². The van der Waals surface area contributed by atoms with Gasteiger partial charge in [0.1, 0.15) is 0 Å². The first-order valence-corrected chi connectivity index (χ1v) is 5.56. The summed E-state index contributed by atoms with van der Waals surface area (Å²) in [5.41, 5.74) is 0.238. The van der Waals surface area contributed by atoms with E-state index in [1.165, 1.54) is 6.42 Å². The average Bonchev–Trinajstić information content (AvgIpc) is 2.40. The molecule has 0 aliphatic carbocycles. The molecular weight excluding hydrogens is 172 g/mol. The van der Waals surface area contributed by atoms with Gasteiger partial charge in [0.2, 0.25) is 0 Å². The monoisotopic (exact) mass is 194 g/mol. The molecule has 2 heteroatoms. The number of nitrogens with one attached hydrogen (secondary N) is 1. The molecule has 80 valence electrons. The Morgan fingerprint density at radius 2 is 2.36 bits per heavy atom. The predicted molar refractivity (Wildman–Crippen MR) is 61.2 cm³/mol. The first kappa shape index (κ1) is 11.6. The lowest BCUT2D eigenvalue weighted by molar-refractivity contribution is 0.196. The van der Waals surface area contributed by atoms with Crippen molar-refractivity contribution in [3.8, 4) is 12.3 Å². The number of rotatable bonds is 2. The van der Waals surface area contributed by atoms with Crippen LogP contribution in [0.3, 0.4) is 0 Å². The van der Waals surface area contributed by atoms with E-state index in [1.807, 2.05) is 0 Å². The summed E-state index contributed by atoms with van der Waals surface area (Å²) in [4.78, 5) is 2.41. The van der Waals surface area contributed by atoms with E-state index in [2.05, 4.69) is 36.9 Å². The molecule has 2 unspecified atom stereocenters. The molecule has 1 aliphatic rings. The van der Waals surface area contributed by atoms with E-state index in [0.717, 1.165) is 26.1 Å². The summed E-state index contributed by atoms with van der Waals surface area (Å²) in [6.45, 7) is 9.92. The van der Waals surface area contributed by atoms with Gasteiger partial charge in [-0.3, -0.25) is 4.90 Å².